The van der Waals surface area contributed by atoms with Gasteiger partial charge in [0.05, 0.1) is 18.1 Å². The van der Waals surface area contributed by atoms with Crippen LogP contribution in [0, 0.1) is 0 Å². The molecule has 8 heteroatoms. The summed E-state index contributed by atoms with van der Waals surface area (Å²) >= 11 is 0. The van der Waals surface area contributed by atoms with Crippen molar-refractivity contribution in [2.24, 2.45) is 0 Å². The third-order valence-electron chi connectivity index (χ3n) is 4.68. The van der Waals surface area contributed by atoms with Crippen LogP contribution in [0.3, 0.4) is 0 Å². The molecule has 0 aliphatic carbocycles. The maximum absolute atomic E-state index is 12.3. The molecule has 0 saturated carbocycles. The molecule has 136 valence electrons. The Hall–Kier alpha value is -2.09. The van der Waals surface area contributed by atoms with Crippen LogP contribution in [0.25, 0.3) is 0 Å². The van der Waals surface area contributed by atoms with E-state index in [1.54, 1.807) is 4.90 Å². The number of hydrogen-bond donors (Lipinski definition) is 2. The van der Waals surface area contributed by atoms with Gasteiger partial charge in [-0.2, -0.15) is 0 Å². The van der Waals surface area contributed by atoms with E-state index in [2.05, 4.69) is 16.7 Å². The summed E-state index contributed by atoms with van der Waals surface area (Å²) in [6.07, 6.45) is 2.01. The summed E-state index contributed by atoms with van der Waals surface area (Å²) in [5, 5.41) is 5.19. The summed E-state index contributed by atoms with van der Waals surface area (Å²) in [4.78, 5) is 25.9. The monoisotopic (exact) mass is 365 g/mol. The van der Waals surface area contributed by atoms with Crippen LogP contribution < -0.4 is 10.6 Å². The number of nitrogens with one attached hydrogen (secondary N) is 2. The molecule has 3 rings (SSSR count). The number of carbonyl (C=O) groups is 2. The average molecular weight is 365 g/mol. The van der Waals surface area contributed by atoms with E-state index in [-0.39, 0.29) is 30.0 Å². The molecule has 3 amide bonds. The zero-order chi connectivity index (χ0) is 17.9. The number of hydrogen-bond acceptors (Lipinski definition) is 4. The minimum absolute atomic E-state index is 0.0305. The second-order valence-corrected chi connectivity index (χ2v) is 8.84. The van der Waals surface area contributed by atoms with Crippen molar-refractivity contribution in [1.29, 1.82) is 0 Å². The second kappa shape index (κ2) is 7.43. The van der Waals surface area contributed by atoms with E-state index in [0.29, 0.717) is 25.9 Å². The van der Waals surface area contributed by atoms with Crippen molar-refractivity contribution in [2.75, 3.05) is 24.6 Å². The van der Waals surface area contributed by atoms with Gasteiger partial charge in [0.2, 0.25) is 5.91 Å². The molecular formula is C17H23N3O4S. The summed E-state index contributed by atoms with van der Waals surface area (Å²) in [5.41, 5.74) is 2.40. The molecular weight excluding hydrogens is 342 g/mol. The van der Waals surface area contributed by atoms with Crippen molar-refractivity contribution < 1.29 is 18.0 Å². The molecule has 2 aliphatic heterocycles. The predicted octanol–water partition coefficient (Wildman–Crippen LogP) is 0.448. The van der Waals surface area contributed by atoms with Gasteiger partial charge in [0.1, 0.15) is 0 Å². The highest BCUT2D eigenvalue weighted by Crippen LogP contribution is 2.18. The van der Waals surface area contributed by atoms with Gasteiger partial charge in [-0.05, 0) is 30.4 Å². The van der Waals surface area contributed by atoms with Crippen molar-refractivity contribution in [2.45, 2.75) is 31.8 Å². The first-order valence-electron chi connectivity index (χ1n) is 8.52. The van der Waals surface area contributed by atoms with Crippen LogP contribution in [0.2, 0.25) is 0 Å². The average Bonchev–Trinajstić information content (AvgIpc) is 2.58. The minimum Gasteiger partial charge on any atom is -0.336 e. The van der Waals surface area contributed by atoms with Gasteiger partial charge in [-0.1, -0.05) is 24.3 Å². The number of benzene rings is 1. The zero-order valence-electron chi connectivity index (χ0n) is 14.0. The van der Waals surface area contributed by atoms with Gasteiger partial charge in [0, 0.05) is 19.1 Å². The van der Waals surface area contributed by atoms with E-state index in [9.17, 15) is 18.0 Å². The SMILES string of the molecule is O=C(NCC(=O)N1CCc2ccccc2C1)NC1CCCS(=O)(=O)C1. The highest BCUT2D eigenvalue weighted by Gasteiger charge is 2.26. The number of amides is 3. The van der Waals surface area contributed by atoms with Gasteiger partial charge in [-0.25, -0.2) is 13.2 Å². The van der Waals surface area contributed by atoms with Crippen LogP contribution in [-0.2, 0) is 27.6 Å². The van der Waals surface area contributed by atoms with Crippen molar-refractivity contribution in [3.05, 3.63) is 35.4 Å². The lowest BCUT2D eigenvalue weighted by atomic mass is 10.00. The Morgan fingerprint density at radius 2 is 1.96 bits per heavy atom. The van der Waals surface area contributed by atoms with E-state index in [1.165, 1.54) is 5.56 Å². The lowest BCUT2D eigenvalue weighted by Gasteiger charge is -2.29. The number of urea groups is 1. The molecule has 1 saturated heterocycles. The third kappa shape index (κ3) is 4.72. The molecule has 2 heterocycles. The molecule has 1 aromatic carbocycles. The molecule has 0 aromatic heterocycles. The van der Waals surface area contributed by atoms with E-state index in [1.807, 2.05) is 18.2 Å². The van der Waals surface area contributed by atoms with E-state index < -0.39 is 15.9 Å². The molecule has 0 radical (unpaired) electrons. The summed E-state index contributed by atoms with van der Waals surface area (Å²) in [5.74, 6) is 0.0137. The Morgan fingerprint density at radius 3 is 2.72 bits per heavy atom. The first-order chi connectivity index (χ1) is 11.9. The van der Waals surface area contributed by atoms with Crippen molar-refractivity contribution in [3.63, 3.8) is 0 Å². The Bertz CT molecular complexity index is 763. The molecule has 2 N–H and O–H groups in total. The number of nitrogens with zero attached hydrogens (tertiary/aromatic N) is 1. The van der Waals surface area contributed by atoms with Crippen molar-refractivity contribution in [1.82, 2.24) is 15.5 Å². The predicted molar refractivity (Wildman–Crippen MR) is 93.8 cm³/mol. The first-order valence-corrected chi connectivity index (χ1v) is 10.3. The van der Waals surface area contributed by atoms with Crippen LogP contribution in [-0.4, -0.2) is 55.9 Å². The second-order valence-electron chi connectivity index (χ2n) is 6.61. The summed E-state index contributed by atoms with van der Waals surface area (Å²) < 4.78 is 23.2. The molecule has 25 heavy (non-hydrogen) atoms. The summed E-state index contributed by atoms with van der Waals surface area (Å²) in [6, 6.07) is 7.16. The first kappa shape index (κ1) is 17.7. The minimum atomic E-state index is -3.07. The van der Waals surface area contributed by atoms with E-state index >= 15 is 0 Å². The quantitative estimate of drug-likeness (QED) is 0.813. The molecule has 0 bridgehead atoms. The fraction of sp³-hybridized carbons (Fsp3) is 0.529. The number of rotatable bonds is 3. The number of sulfone groups is 1. The standard InChI is InChI=1S/C17H23N3O4S/c21-16(20-8-7-13-4-1-2-5-14(13)11-20)10-18-17(22)19-15-6-3-9-25(23,24)12-15/h1-2,4-5,15H,3,6-12H2,(H2,18,19,22). The Balaban J connectivity index is 1.45. The highest BCUT2D eigenvalue weighted by atomic mass is 32.2. The van der Waals surface area contributed by atoms with Gasteiger partial charge in [0.15, 0.2) is 9.84 Å². The van der Waals surface area contributed by atoms with Crippen molar-refractivity contribution in [3.8, 4) is 0 Å². The summed E-state index contributed by atoms with van der Waals surface area (Å²) in [6.45, 7) is 1.10. The lowest BCUT2D eigenvalue weighted by Crippen LogP contribution is -2.50. The smallest absolute Gasteiger partial charge is 0.315 e. The van der Waals surface area contributed by atoms with Crippen molar-refractivity contribution >= 4 is 21.8 Å². The number of carbonyl (C=O) groups excluding carboxylic acids is 2. The molecule has 1 unspecified atom stereocenters. The molecule has 1 atom stereocenters. The Morgan fingerprint density at radius 1 is 1.20 bits per heavy atom. The molecule has 7 nitrogen and oxygen atoms in total. The third-order valence-corrected chi connectivity index (χ3v) is 6.50. The summed E-state index contributed by atoms with van der Waals surface area (Å²) in [7, 11) is -3.07. The molecule has 1 aromatic rings. The van der Waals surface area contributed by atoms with Crippen LogP contribution >= 0.6 is 0 Å². The topological polar surface area (TPSA) is 95.6 Å². The fourth-order valence-corrected chi connectivity index (χ4v) is 4.99. The van der Waals surface area contributed by atoms with Gasteiger partial charge in [-0.15, -0.1) is 0 Å². The normalized spacial score (nSPS) is 21.9. The van der Waals surface area contributed by atoms with Crippen LogP contribution in [0.4, 0.5) is 4.79 Å². The highest BCUT2D eigenvalue weighted by molar-refractivity contribution is 7.91. The van der Waals surface area contributed by atoms with E-state index in [4.69, 9.17) is 0 Å². The maximum atomic E-state index is 12.3. The molecule has 1 fully saturated rings. The fourth-order valence-electron chi connectivity index (χ4n) is 3.35. The van der Waals surface area contributed by atoms with Crippen LogP contribution in [0.15, 0.2) is 24.3 Å². The Labute approximate surface area is 147 Å². The van der Waals surface area contributed by atoms with Gasteiger partial charge in [0.25, 0.3) is 0 Å². The van der Waals surface area contributed by atoms with Gasteiger partial charge < -0.3 is 15.5 Å². The number of fused-ring (bicyclic) bond motifs is 1. The Kier molecular flexibility index (Phi) is 5.27. The molecule has 2 aliphatic rings. The van der Waals surface area contributed by atoms with Crippen LogP contribution in [0.1, 0.15) is 24.0 Å². The zero-order valence-corrected chi connectivity index (χ0v) is 14.8. The van der Waals surface area contributed by atoms with Gasteiger partial charge >= 0.3 is 6.03 Å². The van der Waals surface area contributed by atoms with E-state index in [0.717, 1.165) is 12.0 Å². The largest absolute Gasteiger partial charge is 0.336 e. The van der Waals surface area contributed by atoms with Crippen LogP contribution in [0.5, 0.6) is 0 Å². The van der Waals surface area contributed by atoms with Gasteiger partial charge in [-0.3, -0.25) is 4.79 Å². The maximum Gasteiger partial charge on any atom is 0.315 e. The lowest BCUT2D eigenvalue weighted by molar-refractivity contribution is -0.131. The molecule has 0 spiro atoms.